The average Bonchev–Trinajstić information content (AvgIpc) is 1.64. The second-order valence-corrected chi connectivity index (χ2v) is 28.1. The van der Waals surface area contributed by atoms with Crippen molar-refractivity contribution < 1.29 is 131 Å². The Hall–Kier alpha value is -13.4. The first-order valence-corrected chi connectivity index (χ1v) is 39.0. The molecule has 0 aliphatic rings. The fourth-order valence-electron chi connectivity index (χ4n) is 12.7. The predicted octanol–water partition coefficient (Wildman–Crippen LogP) is 20.2. The van der Waals surface area contributed by atoms with E-state index in [9.17, 15) is 69.1 Å². The molecule has 14 heterocycles. The quantitative estimate of drug-likeness (QED) is 0.0406. The zero-order chi connectivity index (χ0) is 90.2. The summed E-state index contributed by atoms with van der Waals surface area (Å²) in [6.07, 6.45) is 23.1. The Morgan fingerprint density at radius 1 is 0.168 bits per heavy atom. The van der Waals surface area contributed by atoms with E-state index >= 15 is 0 Å². The van der Waals surface area contributed by atoms with Gasteiger partial charge in [-0.1, -0.05) is 133 Å². The standard InChI is InChI=1S/2C43H35N11.2Ag.4BF4.Fe/c2*1-3-22-44-36(6-1)40-18-24-51(47-40)28-32-10-14-34(15-11-32)30-53-26-20-42(49-53)38-8-5-9-39(46-38)43-21-27-54(50-43)31-35-16-12-33(13-17-35)29-52-25-19-41(48-52)37-7-2-4-23-45-37;;;4*2-1(3,4)5;/h2*1-27H,28-31H2;;;;;;;/q;;2*+1;4*-1;+2. The number of nitrogens with zero attached hydrogens (tertiary/aromatic N) is 22. The number of benzene rings is 4. The Bertz CT molecular complexity index is 5690. The van der Waals surface area contributed by atoms with Crippen LogP contribution in [-0.2, 0) is 114 Å². The summed E-state index contributed by atoms with van der Waals surface area (Å²) in [5, 5.41) is 38.1. The van der Waals surface area contributed by atoms with Crippen molar-refractivity contribution in [3.8, 4) is 91.1 Å². The fourth-order valence-corrected chi connectivity index (χ4v) is 12.7. The minimum absolute atomic E-state index is 0. The van der Waals surface area contributed by atoms with Crippen molar-refractivity contribution in [2.24, 2.45) is 0 Å². The molecule has 0 atom stereocenters. The van der Waals surface area contributed by atoms with Crippen LogP contribution in [0.1, 0.15) is 44.5 Å². The largest absolute Gasteiger partial charge is 2.00 e. The Morgan fingerprint density at radius 3 is 0.427 bits per heavy atom. The molecule has 0 radical (unpaired) electrons. The first kappa shape index (κ1) is 99.8. The van der Waals surface area contributed by atoms with Crippen LogP contribution in [0.25, 0.3) is 91.1 Å². The fraction of sp³-hybridized carbons (Fsp3) is 0.0930. The van der Waals surface area contributed by atoms with Crippen molar-refractivity contribution >= 4 is 29.0 Å². The van der Waals surface area contributed by atoms with Crippen molar-refractivity contribution in [3.05, 3.63) is 374 Å². The summed E-state index contributed by atoms with van der Waals surface area (Å²) >= 11 is 0. The van der Waals surface area contributed by atoms with Crippen molar-refractivity contribution in [2.75, 3.05) is 0 Å². The monoisotopic (exact) mass is 2030 g/mol. The summed E-state index contributed by atoms with van der Waals surface area (Å²) in [6, 6.07) is 85.6. The van der Waals surface area contributed by atoms with Gasteiger partial charge in [-0.25, -0.2) is 9.97 Å². The summed E-state index contributed by atoms with van der Waals surface area (Å²) in [4.78, 5) is 27.4. The van der Waals surface area contributed by atoms with Crippen LogP contribution >= 0.6 is 0 Å². The van der Waals surface area contributed by atoms with E-state index in [4.69, 9.17) is 30.4 Å². The molecular formula is C86H70Ag2B4F16FeN22. The van der Waals surface area contributed by atoms with Crippen molar-refractivity contribution in [2.45, 2.75) is 52.4 Å². The van der Waals surface area contributed by atoms with Gasteiger partial charge in [0.15, 0.2) is 0 Å². The molecular weight excluding hydrogens is 1960 g/mol. The predicted molar refractivity (Wildman–Crippen MR) is 455 cm³/mol. The van der Waals surface area contributed by atoms with Crippen LogP contribution in [0.5, 0.6) is 0 Å². The molecule has 18 rings (SSSR count). The maximum Gasteiger partial charge on any atom is 2.00 e. The number of hydrogen-bond donors (Lipinski definition) is 0. The van der Waals surface area contributed by atoms with Gasteiger partial charge in [-0.2, -0.15) is 40.8 Å². The maximum absolute atomic E-state index is 9.75. The maximum atomic E-state index is 9.75. The van der Waals surface area contributed by atoms with Crippen LogP contribution in [-0.4, -0.2) is 137 Å². The smallest absolute Gasteiger partial charge is 0.418 e. The van der Waals surface area contributed by atoms with E-state index in [1.165, 1.54) is 22.3 Å². The van der Waals surface area contributed by atoms with E-state index in [0.717, 1.165) is 113 Å². The first-order valence-electron chi connectivity index (χ1n) is 39.0. The summed E-state index contributed by atoms with van der Waals surface area (Å²) in [7, 11) is -24.0. The van der Waals surface area contributed by atoms with Crippen molar-refractivity contribution in [3.63, 3.8) is 0 Å². The summed E-state index contributed by atoms with van der Waals surface area (Å²) in [5.41, 5.74) is 22.8. The molecule has 0 saturated carbocycles. The molecule has 14 aromatic heterocycles. The van der Waals surface area contributed by atoms with E-state index in [2.05, 4.69) is 137 Å². The zero-order valence-corrected chi connectivity index (χ0v) is 72.1. The van der Waals surface area contributed by atoms with Gasteiger partial charge >= 0.3 is 90.8 Å². The van der Waals surface area contributed by atoms with Gasteiger partial charge in [0.05, 0.1) is 97.9 Å². The van der Waals surface area contributed by atoms with Crippen LogP contribution in [0.15, 0.2) is 329 Å². The van der Waals surface area contributed by atoms with Crippen molar-refractivity contribution in [1.29, 1.82) is 0 Å². The summed E-state index contributed by atoms with van der Waals surface area (Å²) < 4.78 is 172. The Morgan fingerprint density at radius 2 is 0.298 bits per heavy atom. The molecule has 0 fully saturated rings. The second kappa shape index (κ2) is 46.7. The Labute approximate surface area is 779 Å². The first-order chi connectivity index (χ1) is 61.3. The van der Waals surface area contributed by atoms with Gasteiger partial charge in [0, 0.05) is 74.4 Å². The Balaban J connectivity index is 0.000000221. The number of hydrogen-bond acceptors (Lipinski definition) is 14. The SMILES string of the molecule is F[B-](F)(F)F.F[B-](F)(F)F.F[B-](F)(F)F.F[B-](F)(F)F.[Ag+].[Ag+].[Fe+2].c1ccc(-c2ccn(Cc3ccc(Cn4ccc(-c5cccc(-c6ccn(Cc7ccc(Cn8ccc(-c9ccccn9)n8)cc7)n6)n5)n4)cc3)n2)nc1.c1ccc(-c2ccn(Cc3ccc(Cn4ccc(-c5cccc(-c6ccn(Cc7ccc(Cn8ccc(-c9ccccn9)n8)cc7)n6)n5)n4)cc3)n2)nc1. The number of pyridine rings is 6. The second-order valence-electron chi connectivity index (χ2n) is 28.1. The van der Waals surface area contributed by atoms with Gasteiger partial charge in [0.1, 0.15) is 45.6 Å². The van der Waals surface area contributed by atoms with Crippen LogP contribution in [0.4, 0.5) is 69.1 Å². The molecule has 678 valence electrons. The third kappa shape index (κ3) is 33.3. The molecule has 0 unspecified atom stereocenters. The van der Waals surface area contributed by atoms with Gasteiger partial charge in [-0.3, -0.25) is 57.4 Å². The van der Waals surface area contributed by atoms with Crippen LogP contribution < -0.4 is 0 Å². The number of rotatable bonds is 24. The molecule has 45 heteroatoms. The summed E-state index contributed by atoms with van der Waals surface area (Å²) in [5.74, 6) is 0. The van der Waals surface area contributed by atoms with Gasteiger partial charge in [0.2, 0.25) is 0 Å². The van der Waals surface area contributed by atoms with E-state index in [-0.39, 0.29) is 61.8 Å². The topological polar surface area (TPSA) is 220 Å². The van der Waals surface area contributed by atoms with Crippen molar-refractivity contribution in [1.82, 2.24) is 108 Å². The third-order valence-corrected chi connectivity index (χ3v) is 18.2. The Kier molecular flexibility index (Phi) is 35.6. The van der Waals surface area contributed by atoms with Gasteiger partial charge in [-0.05, 0) is 166 Å². The third-order valence-electron chi connectivity index (χ3n) is 18.2. The van der Waals surface area contributed by atoms with Crippen LogP contribution in [0.2, 0.25) is 0 Å². The molecule has 0 spiro atoms. The van der Waals surface area contributed by atoms with E-state index in [0.29, 0.717) is 52.4 Å². The zero-order valence-electron chi connectivity index (χ0n) is 68.0. The number of aromatic nitrogens is 22. The van der Waals surface area contributed by atoms with E-state index in [1.54, 1.807) is 24.8 Å². The molecule has 18 aromatic rings. The molecule has 131 heavy (non-hydrogen) atoms. The van der Waals surface area contributed by atoms with Crippen LogP contribution in [0.3, 0.4) is 0 Å². The number of halogens is 16. The average molecular weight is 2030 g/mol. The van der Waals surface area contributed by atoms with Gasteiger partial charge < -0.3 is 69.1 Å². The molecule has 22 nitrogen and oxygen atoms in total. The molecule has 0 amide bonds. The molecule has 0 saturated heterocycles. The van der Waals surface area contributed by atoms with Crippen LogP contribution in [0, 0.1) is 0 Å². The van der Waals surface area contributed by atoms with E-state index in [1.807, 2.05) is 245 Å². The van der Waals surface area contributed by atoms with Gasteiger partial charge in [0.25, 0.3) is 0 Å². The molecule has 0 aliphatic carbocycles. The molecule has 4 aromatic carbocycles. The van der Waals surface area contributed by atoms with E-state index < -0.39 is 29.0 Å². The normalized spacial score (nSPS) is 11.1. The molecule has 0 aliphatic heterocycles. The van der Waals surface area contributed by atoms with Gasteiger partial charge in [-0.15, -0.1) is 0 Å². The molecule has 0 bridgehead atoms. The minimum Gasteiger partial charge on any atom is -0.418 e. The molecule has 0 N–H and O–H groups in total. The summed E-state index contributed by atoms with van der Waals surface area (Å²) in [6.45, 7) is 5.40. The minimum atomic E-state index is -6.00.